The lowest BCUT2D eigenvalue weighted by atomic mass is 9.98. The first-order valence-corrected chi connectivity index (χ1v) is 5.64. The van der Waals surface area contributed by atoms with E-state index >= 15 is 0 Å². The lowest BCUT2D eigenvalue weighted by Gasteiger charge is -2.11. The van der Waals surface area contributed by atoms with Gasteiger partial charge in [0.1, 0.15) is 0 Å². The molecule has 0 amide bonds. The molecule has 0 radical (unpaired) electrons. The van der Waals surface area contributed by atoms with Crippen LogP contribution >= 0.6 is 0 Å². The second-order valence-electron chi connectivity index (χ2n) is 4.41. The highest BCUT2D eigenvalue weighted by Crippen LogP contribution is 2.31. The minimum Gasteiger partial charge on any atom is -0.481 e. The second-order valence-corrected chi connectivity index (χ2v) is 4.41. The molecule has 1 fully saturated rings. The van der Waals surface area contributed by atoms with Crippen LogP contribution in [0.15, 0.2) is 24.4 Å². The Morgan fingerprint density at radius 1 is 1.47 bits per heavy atom. The number of carboxylic acid groups (broad SMARTS) is 1. The van der Waals surface area contributed by atoms with Crippen LogP contribution in [0.5, 0.6) is 0 Å². The van der Waals surface area contributed by atoms with Crippen molar-refractivity contribution >= 4 is 16.9 Å². The van der Waals surface area contributed by atoms with Gasteiger partial charge in [-0.25, -0.2) is 0 Å². The predicted octanol–water partition coefficient (Wildman–Crippen LogP) is 1.30. The minimum atomic E-state index is -0.725. The number of aromatic amines is 1. The number of rotatable bonds is 2. The van der Waals surface area contributed by atoms with Gasteiger partial charge in [-0.3, -0.25) is 9.89 Å². The fraction of sp³-hybridized carbons (Fsp3) is 0.333. The largest absolute Gasteiger partial charge is 0.481 e. The van der Waals surface area contributed by atoms with Crippen LogP contribution in [0.25, 0.3) is 10.9 Å². The number of nitrogens with zero attached hydrogens (tertiary/aromatic N) is 1. The third-order valence-corrected chi connectivity index (χ3v) is 3.36. The number of hydrogen-bond donors (Lipinski definition) is 3. The van der Waals surface area contributed by atoms with E-state index in [4.69, 9.17) is 5.11 Å². The van der Waals surface area contributed by atoms with Crippen LogP contribution in [0.4, 0.5) is 0 Å². The first kappa shape index (κ1) is 10.3. The zero-order chi connectivity index (χ0) is 11.8. The molecule has 1 aromatic carbocycles. The molecular formula is C12H13N3O2. The van der Waals surface area contributed by atoms with Crippen LogP contribution in [0.2, 0.25) is 0 Å². The zero-order valence-electron chi connectivity index (χ0n) is 9.18. The number of nitrogens with one attached hydrogen (secondary N) is 2. The molecule has 3 rings (SSSR count). The highest BCUT2D eigenvalue weighted by atomic mass is 16.4. The number of fused-ring (bicyclic) bond motifs is 1. The van der Waals surface area contributed by atoms with Crippen molar-refractivity contribution < 1.29 is 9.90 Å². The zero-order valence-corrected chi connectivity index (χ0v) is 9.18. The Labute approximate surface area is 97.8 Å². The highest BCUT2D eigenvalue weighted by Gasteiger charge is 2.31. The third kappa shape index (κ3) is 1.68. The van der Waals surface area contributed by atoms with E-state index < -0.39 is 5.97 Å². The normalized spacial score (nSPS) is 24.2. The third-order valence-electron chi connectivity index (χ3n) is 3.36. The lowest BCUT2D eigenvalue weighted by Crippen LogP contribution is -2.17. The Hall–Kier alpha value is -1.88. The Morgan fingerprint density at radius 3 is 3.12 bits per heavy atom. The van der Waals surface area contributed by atoms with Crippen LogP contribution in [0, 0.1) is 5.92 Å². The summed E-state index contributed by atoms with van der Waals surface area (Å²) < 4.78 is 0. The van der Waals surface area contributed by atoms with Gasteiger partial charge in [0, 0.05) is 18.0 Å². The molecule has 88 valence electrons. The van der Waals surface area contributed by atoms with Gasteiger partial charge in [-0.1, -0.05) is 18.2 Å². The average Bonchev–Trinajstić information content (AvgIpc) is 2.97. The van der Waals surface area contributed by atoms with E-state index in [1.54, 1.807) is 6.20 Å². The van der Waals surface area contributed by atoms with Gasteiger partial charge < -0.3 is 10.4 Å². The molecule has 2 heterocycles. The van der Waals surface area contributed by atoms with Crippen LogP contribution < -0.4 is 5.32 Å². The molecule has 2 atom stereocenters. The van der Waals surface area contributed by atoms with Gasteiger partial charge in [0.2, 0.25) is 0 Å². The molecule has 17 heavy (non-hydrogen) atoms. The lowest BCUT2D eigenvalue weighted by molar-refractivity contribution is -0.141. The van der Waals surface area contributed by atoms with Gasteiger partial charge in [-0.15, -0.1) is 0 Å². The van der Waals surface area contributed by atoms with E-state index in [1.807, 2.05) is 18.2 Å². The summed E-state index contributed by atoms with van der Waals surface area (Å²) in [6.45, 7) is 0.532. The van der Waals surface area contributed by atoms with Gasteiger partial charge in [0.25, 0.3) is 0 Å². The van der Waals surface area contributed by atoms with Crippen molar-refractivity contribution in [2.75, 3.05) is 6.54 Å². The molecule has 2 aromatic rings. The number of aromatic nitrogens is 2. The van der Waals surface area contributed by atoms with Crippen LogP contribution in [0.3, 0.4) is 0 Å². The van der Waals surface area contributed by atoms with Crippen molar-refractivity contribution in [1.29, 1.82) is 0 Å². The molecule has 1 aliphatic rings. The number of hydrogen-bond acceptors (Lipinski definition) is 3. The monoisotopic (exact) mass is 231 g/mol. The summed E-state index contributed by atoms with van der Waals surface area (Å²) in [7, 11) is 0. The van der Waals surface area contributed by atoms with Crippen LogP contribution in [-0.2, 0) is 4.79 Å². The average molecular weight is 231 g/mol. The Bertz CT molecular complexity index is 564. The molecule has 0 spiro atoms. The van der Waals surface area contributed by atoms with E-state index in [0.717, 1.165) is 16.5 Å². The van der Waals surface area contributed by atoms with Gasteiger partial charge in [-0.2, -0.15) is 5.10 Å². The minimum absolute atomic E-state index is 0.0975. The molecule has 5 heteroatoms. The number of carbonyl (C=O) groups is 1. The Morgan fingerprint density at radius 2 is 2.35 bits per heavy atom. The van der Waals surface area contributed by atoms with Crippen molar-refractivity contribution in [2.45, 2.75) is 12.5 Å². The molecule has 0 saturated carbocycles. The van der Waals surface area contributed by atoms with Gasteiger partial charge in [-0.05, 0) is 12.0 Å². The smallest absolute Gasteiger partial charge is 0.307 e. The second kappa shape index (κ2) is 3.85. The van der Waals surface area contributed by atoms with E-state index in [0.29, 0.717) is 13.0 Å². The maximum absolute atomic E-state index is 10.9. The maximum atomic E-state index is 10.9. The van der Waals surface area contributed by atoms with Crippen molar-refractivity contribution in [3.8, 4) is 0 Å². The topological polar surface area (TPSA) is 78.0 Å². The predicted molar refractivity (Wildman–Crippen MR) is 62.6 cm³/mol. The summed E-state index contributed by atoms with van der Waals surface area (Å²) >= 11 is 0. The number of aliphatic carboxylic acids is 1. The van der Waals surface area contributed by atoms with Crippen molar-refractivity contribution in [3.63, 3.8) is 0 Å². The molecule has 0 aliphatic carbocycles. The summed E-state index contributed by atoms with van der Waals surface area (Å²) in [5, 5.41) is 20.3. The van der Waals surface area contributed by atoms with E-state index in [-0.39, 0.29) is 12.0 Å². The molecule has 1 aliphatic heterocycles. The SMILES string of the molecule is O=C(O)C1CNC(c2cccc3cn[nH]c23)C1. The highest BCUT2D eigenvalue weighted by molar-refractivity contribution is 5.82. The molecular weight excluding hydrogens is 218 g/mol. The Balaban J connectivity index is 1.95. The van der Waals surface area contributed by atoms with Crippen LogP contribution in [-0.4, -0.2) is 27.8 Å². The molecule has 2 unspecified atom stereocenters. The summed E-state index contributed by atoms with van der Waals surface area (Å²) in [6.07, 6.45) is 2.41. The van der Waals surface area contributed by atoms with E-state index in [9.17, 15) is 4.79 Å². The molecule has 1 aromatic heterocycles. The van der Waals surface area contributed by atoms with Crippen LogP contribution in [0.1, 0.15) is 18.0 Å². The molecule has 0 bridgehead atoms. The molecule has 3 N–H and O–H groups in total. The standard InChI is InChI=1S/C12H13N3O2/c16-12(17)8-4-10(13-5-8)9-3-1-2-7-6-14-15-11(7)9/h1-3,6,8,10,13H,4-5H2,(H,14,15)(H,16,17). The number of para-hydroxylation sites is 1. The van der Waals surface area contributed by atoms with Crippen molar-refractivity contribution in [2.24, 2.45) is 5.92 Å². The first-order valence-electron chi connectivity index (χ1n) is 5.64. The van der Waals surface area contributed by atoms with Gasteiger partial charge in [0.15, 0.2) is 0 Å². The molecule has 5 nitrogen and oxygen atoms in total. The molecule has 1 saturated heterocycles. The fourth-order valence-electron chi connectivity index (χ4n) is 2.44. The van der Waals surface area contributed by atoms with E-state index in [1.165, 1.54) is 0 Å². The van der Waals surface area contributed by atoms with Gasteiger partial charge in [0.05, 0.1) is 17.6 Å². The first-order chi connectivity index (χ1) is 8.25. The fourth-order valence-corrected chi connectivity index (χ4v) is 2.44. The number of carboxylic acids is 1. The summed E-state index contributed by atoms with van der Waals surface area (Å²) in [6, 6.07) is 6.08. The van der Waals surface area contributed by atoms with Crippen molar-refractivity contribution in [3.05, 3.63) is 30.0 Å². The summed E-state index contributed by atoms with van der Waals surface area (Å²) in [5.41, 5.74) is 2.10. The number of H-pyrrole nitrogens is 1. The summed E-state index contributed by atoms with van der Waals surface area (Å²) in [4.78, 5) is 10.9. The Kier molecular flexibility index (Phi) is 2.33. The quantitative estimate of drug-likeness (QED) is 0.728. The van der Waals surface area contributed by atoms with Gasteiger partial charge >= 0.3 is 5.97 Å². The summed E-state index contributed by atoms with van der Waals surface area (Å²) in [5.74, 6) is -1.02. The van der Waals surface area contributed by atoms with E-state index in [2.05, 4.69) is 15.5 Å². The van der Waals surface area contributed by atoms with Crippen molar-refractivity contribution in [1.82, 2.24) is 15.5 Å². The number of benzene rings is 1. The maximum Gasteiger partial charge on any atom is 0.307 e.